The Morgan fingerprint density at radius 1 is 1.29 bits per heavy atom. The van der Waals surface area contributed by atoms with Gasteiger partial charge in [-0.25, -0.2) is 0 Å². The van der Waals surface area contributed by atoms with Crippen LogP contribution >= 0.6 is 0 Å². The molecule has 1 N–H and O–H groups in total. The smallest absolute Gasteiger partial charge is 0.0503 e. The Morgan fingerprint density at radius 3 is 2.43 bits per heavy atom. The average molecular weight is 189 g/mol. The lowest BCUT2D eigenvalue weighted by Crippen LogP contribution is -2.23. The van der Waals surface area contributed by atoms with Crippen LogP contribution in [0.2, 0.25) is 0 Å². The van der Waals surface area contributed by atoms with Crippen LogP contribution in [-0.2, 0) is 0 Å². The summed E-state index contributed by atoms with van der Waals surface area (Å²) in [6.45, 7) is 9.29. The molecule has 0 saturated carbocycles. The van der Waals surface area contributed by atoms with E-state index in [1.807, 2.05) is 12.1 Å². The third-order valence-corrected chi connectivity index (χ3v) is 2.14. The zero-order valence-electron chi connectivity index (χ0n) is 9.03. The fourth-order valence-corrected chi connectivity index (χ4v) is 1.36. The van der Waals surface area contributed by atoms with Gasteiger partial charge in [0.1, 0.15) is 0 Å². The van der Waals surface area contributed by atoms with Crippen LogP contribution in [0.5, 0.6) is 0 Å². The number of nitrogens with one attached hydrogen (secondary N) is 1. The first-order chi connectivity index (χ1) is 6.74. The van der Waals surface area contributed by atoms with Crippen molar-refractivity contribution in [1.82, 2.24) is 5.32 Å². The molecule has 0 fully saturated rings. The summed E-state index contributed by atoms with van der Waals surface area (Å²) in [6, 6.07) is 10.7. The minimum atomic E-state index is 0.276. The summed E-state index contributed by atoms with van der Waals surface area (Å²) in [4.78, 5) is 0. The molecule has 0 amide bonds. The second kappa shape index (κ2) is 5.61. The summed E-state index contributed by atoms with van der Waals surface area (Å²) in [5.41, 5.74) is 1.28. The summed E-state index contributed by atoms with van der Waals surface area (Å²) in [5.74, 6) is 0.668. The van der Waals surface area contributed by atoms with E-state index in [0.29, 0.717) is 5.92 Å². The molecular formula is C13H19N. The molecule has 0 unspecified atom stereocenters. The van der Waals surface area contributed by atoms with Crippen molar-refractivity contribution in [2.24, 2.45) is 5.92 Å². The van der Waals surface area contributed by atoms with Gasteiger partial charge >= 0.3 is 0 Å². The van der Waals surface area contributed by atoms with Crippen LogP contribution in [0.1, 0.15) is 25.5 Å². The minimum Gasteiger partial charge on any atom is -0.306 e. The molecule has 76 valence electrons. The van der Waals surface area contributed by atoms with E-state index >= 15 is 0 Å². The second-order valence-corrected chi connectivity index (χ2v) is 3.93. The zero-order chi connectivity index (χ0) is 10.4. The first kappa shape index (κ1) is 11.0. The van der Waals surface area contributed by atoms with E-state index in [4.69, 9.17) is 0 Å². The van der Waals surface area contributed by atoms with Gasteiger partial charge < -0.3 is 5.32 Å². The van der Waals surface area contributed by atoms with Crippen molar-refractivity contribution in [3.8, 4) is 0 Å². The van der Waals surface area contributed by atoms with Crippen LogP contribution in [-0.4, -0.2) is 6.54 Å². The van der Waals surface area contributed by atoms with Crippen LogP contribution in [0.25, 0.3) is 0 Å². The van der Waals surface area contributed by atoms with E-state index in [2.05, 4.69) is 50.0 Å². The van der Waals surface area contributed by atoms with Crippen LogP contribution in [0, 0.1) is 5.92 Å². The molecule has 14 heavy (non-hydrogen) atoms. The van der Waals surface area contributed by atoms with Gasteiger partial charge in [0, 0.05) is 0 Å². The number of hydrogen-bond donors (Lipinski definition) is 1. The normalized spacial score (nSPS) is 12.8. The van der Waals surface area contributed by atoms with Crippen molar-refractivity contribution in [2.75, 3.05) is 6.54 Å². The maximum atomic E-state index is 3.85. The predicted octanol–water partition coefficient (Wildman–Crippen LogP) is 3.16. The summed E-state index contributed by atoms with van der Waals surface area (Å²) in [5, 5.41) is 3.47. The van der Waals surface area contributed by atoms with Gasteiger partial charge in [-0.15, -0.1) is 6.58 Å². The molecule has 0 aliphatic rings. The van der Waals surface area contributed by atoms with Crippen molar-refractivity contribution in [3.05, 3.63) is 48.6 Å². The van der Waals surface area contributed by atoms with E-state index in [9.17, 15) is 0 Å². The highest BCUT2D eigenvalue weighted by molar-refractivity contribution is 5.22. The van der Waals surface area contributed by atoms with Crippen LogP contribution in [0.3, 0.4) is 0 Å². The SMILES string of the molecule is C=C[C@H](NCC(C)C)c1ccccc1. The van der Waals surface area contributed by atoms with Crippen molar-refractivity contribution in [1.29, 1.82) is 0 Å². The van der Waals surface area contributed by atoms with Gasteiger partial charge in [0.2, 0.25) is 0 Å². The molecule has 1 nitrogen and oxygen atoms in total. The molecule has 1 aromatic rings. The van der Waals surface area contributed by atoms with Gasteiger partial charge in [0.25, 0.3) is 0 Å². The largest absolute Gasteiger partial charge is 0.306 e. The fourth-order valence-electron chi connectivity index (χ4n) is 1.36. The standard InChI is InChI=1S/C13H19N/c1-4-13(14-10-11(2)3)12-8-6-5-7-9-12/h4-9,11,13-14H,1,10H2,2-3H3/t13-/m0/s1. The molecule has 0 aliphatic carbocycles. The van der Waals surface area contributed by atoms with Gasteiger partial charge in [-0.2, -0.15) is 0 Å². The molecule has 0 saturated heterocycles. The molecular weight excluding hydrogens is 170 g/mol. The monoisotopic (exact) mass is 189 g/mol. The average Bonchev–Trinajstić information content (AvgIpc) is 2.20. The van der Waals surface area contributed by atoms with Gasteiger partial charge in [0.05, 0.1) is 6.04 Å². The summed E-state index contributed by atoms with van der Waals surface area (Å²) >= 11 is 0. The summed E-state index contributed by atoms with van der Waals surface area (Å²) in [7, 11) is 0. The number of rotatable bonds is 5. The number of benzene rings is 1. The molecule has 1 heteroatoms. The highest BCUT2D eigenvalue weighted by Crippen LogP contribution is 2.13. The van der Waals surface area contributed by atoms with Gasteiger partial charge in [0.15, 0.2) is 0 Å². The van der Waals surface area contributed by atoms with Gasteiger partial charge in [-0.05, 0) is 18.0 Å². The van der Waals surface area contributed by atoms with Crippen molar-refractivity contribution < 1.29 is 0 Å². The minimum absolute atomic E-state index is 0.276. The van der Waals surface area contributed by atoms with Gasteiger partial charge in [-0.1, -0.05) is 50.3 Å². The second-order valence-electron chi connectivity index (χ2n) is 3.93. The van der Waals surface area contributed by atoms with E-state index in [-0.39, 0.29) is 6.04 Å². The summed E-state index contributed by atoms with van der Waals surface area (Å²) in [6.07, 6.45) is 1.96. The first-order valence-corrected chi connectivity index (χ1v) is 5.15. The molecule has 0 aliphatic heterocycles. The maximum absolute atomic E-state index is 3.85. The molecule has 0 heterocycles. The molecule has 1 atom stereocenters. The summed E-state index contributed by atoms with van der Waals surface area (Å²) < 4.78 is 0. The number of hydrogen-bond acceptors (Lipinski definition) is 1. The maximum Gasteiger partial charge on any atom is 0.0503 e. The highest BCUT2D eigenvalue weighted by atomic mass is 14.9. The lowest BCUT2D eigenvalue weighted by atomic mass is 10.1. The molecule has 0 radical (unpaired) electrons. The molecule has 0 spiro atoms. The van der Waals surface area contributed by atoms with E-state index in [1.54, 1.807) is 0 Å². The predicted molar refractivity (Wildman–Crippen MR) is 62.2 cm³/mol. The molecule has 1 rings (SSSR count). The van der Waals surface area contributed by atoms with Crippen LogP contribution in [0.4, 0.5) is 0 Å². The lowest BCUT2D eigenvalue weighted by molar-refractivity contribution is 0.521. The topological polar surface area (TPSA) is 12.0 Å². The molecule has 0 aromatic heterocycles. The first-order valence-electron chi connectivity index (χ1n) is 5.15. The Morgan fingerprint density at radius 2 is 1.93 bits per heavy atom. The highest BCUT2D eigenvalue weighted by Gasteiger charge is 2.05. The molecule has 1 aromatic carbocycles. The van der Waals surface area contributed by atoms with Gasteiger partial charge in [-0.3, -0.25) is 0 Å². The van der Waals surface area contributed by atoms with E-state index in [0.717, 1.165) is 6.54 Å². The van der Waals surface area contributed by atoms with Crippen LogP contribution < -0.4 is 5.32 Å². The Kier molecular flexibility index (Phi) is 4.41. The molecule has 0 bridgehead atoms. The Hall–Kier alpha value is -1.08. The van der Waals surface area contributed by atoms with E-state index in [1.165, 1.54) is 5.56 Å². The zero-order valence-corrected chi connectivity index (χ0v) is 9.03. The Balaban J connectivity index is 2.59. The fraction of sp³-hybridized carbons (Fsp3) is 0.385. The van der Waals surface area contributed by atoms with Crippen LogP contribution in [0.15, 0.2) is 43.0 Å². The van der Waals surface area contributed by atoms with E-state index < -0.39 is 0 Å². The third-order valence-electron chi connectivity index (χ3n) is 2.14. The quantitative estimate of drug-likeness (QED) is 0.702. The lowest BCUT2D eigenvalue weighted by Gasteiger charge is -2.16. The van der Waals surface area contributed by atoms with Crippen molar-refractivity contribution in [2.45, 2.75) is 19.9 Å². The van der Waals surface area contributed by atoms with Crippen molar-refractivity contribution in [3.63, 3.8) is 0 Å². The third kappa shape index (κ3) is 3.35. The Labute approximate surface area is 86.8 Å². The van der Waals surface area contributed by atoms with Crippen molar-refractivity contribution >= 4 is 0 Å². The Bertz CT molecular complexity index is 264.